The van der Waals surface area contributed by atoms with E-state index in [2.05, 4.69) is 4.98 Å². The number of aryl methyl sites for hydroxylation is 1. The van der Waals surface area contributed by atoms with E-state index in [1.807, 2.05) is 0 Å². The van der Waals surface area contributed by atoms with Crippen LogP contribution in [-0.4, -0.2) is 14.1 Å². The van der Waals surface area contributed by atoms with Crippen molar-refractivity contribution in [3.63, 3.8) is 0 Å². The third-order valence-electron chi connectivity index (χ3n) is 3.47. The lowest BCUT2D eigenvalue weighted by Gasteiger charge is -2.08. The number of halogens is 1. The molecular formula is C15H12FN3O2. The molecule has 0 unspecified atom stereocenters. The van der Waals surface area contributed by atoms with Crippen LogP contribution >= 0.6 is 0 Å². The Labute approximate surface area is 118 Å². The molecule has 0 N–H and O–H groups in total. The highest BCUT2D eigenvalue weighted by Crippen LogP contribution is 2.20. The summed E-state index contributed by atoms with van der Waals surface area (Å²) in [6.45, 7) is 0. The van der Waals surface area contributed by atoms with Crippen LogP contribution in [0.15, 0.2) is 46.1 Å². The van der Waals surface area contributed by atoms with Crippen LogP contribution in [0.1, 0.15) is 0 Å². The van der Waals surface area contributed by atoms with Crippen molar-refractivity contribution in [1.82, 2.24) is 14.1 Å². The maximum atomic E-state index is 13.0. The van der Waals surface area contributed by atoms with E-state index in [1.165, 1.54) is 23.7 Å². The van der Waals surface area contributed by atoms with Crippen LogP contribution in [0.4, 0.5) is 4.39 Å². The van der Waals surface area contributed by atoms with Crippen LogP contribution < -0.4 is 11.2 Å². The van der Waals surface area contributed by atoms with Gasteiger partial charge in [0.15, 0.2) is 0 Å². The first-order valence-electron chi connectivity index (χ1n) is 6.31. The summed E-state index contributed by atoms with van der Waals surface area (Å²) >= 11 is 0. The summed E-state index contributed by atoms with van der Waals surface area (Å²) in [6, 6.07) is 7.59. The Balaban J connectivity index is 2.33. The predicted molar refractivity (Wildman–Crippen MR) is 77.6 cm³/mol. The smallest absolute Gasteiger partial charge is 0.280 e. The second-order valence-electron chi connectivity index (χ2n) is 4.81. The van der Waals surface area contributed by atoms with Crippen LogP contribution in [0.25, 0.3) is 22.2 Å². The van der Waals surface area contributed by atoms with Gasteiger partial charge < -0.3 is 0 Å². The Morgan fingerprint density at radius 1 is 1.00 bits per heavy atom. The van der Waals surface area contributed by atoms with Crippen LogP contribution in [0.3, 0.4) is 0 Å². The van der Waals surface area contributed by atoms with Gasteiger partial charge in [0.05, 0.1) is 5.39 Å². The van der Waals surface area contributed by atoms with Gasteiger partial charge in [-0.1, -0.05) is 12.1 Å². The molecule has 0 saturated heterocycles. The van der Waals surface area contributed by atoms with Crippen LogP contribution in [0, 0.1) is 5.82 Å². The third-order valence-corrected chi connectivity index (χ3v) is 3.47. The highest BCUT2D eigenvalue weighted by atomic mass is 19.1. The number of rotatable bonds is 1. The number of fused-ring (bicyclic) bond motifs is 1. The molecule has 0 atom stereocenters. The van der Waals surface area contributed by atoms with Crippen LogP contribution in [0.2, 0.25) is 0 Å². The van der Waals surface area contributed by atoms with Crippen molar-refractivity contribution in [2.45, 2.75) is 0 Å². The summed E-state index contributed by atoms with van der Waals surface area (Å²) in [5.74, 6) is -0.328. The molecule has 0 bridgehead atoms. The average molecular weight is 285 g/mol. The van der Waals surface area contributed by atoms with E-state index in [1.54, 1.807) is 31.4 Å². The summed E-state index contributed by atoms with van der Waals surface area (Å²) in [5.41, 5.74) is 0.952. The zero-order valence-electron chi connectivity index (χ0n) is 11.5. The van der Waals surface area contributed by atoms with E-state index in [0.29, 0.717) is 16.6 Å². The molecule has 3 aromatic rings. The summed E-state index contributed by atoms with van der Waals surface area (Å²) in [5, 5.41) is 0.349. The van der Waals surface area contributed by atoms with Gasteiger partial charge in [-0.3, -0.25) is 13.9 Å². The summed E-state index contributed by atoms with van der Waals surface area (Å²) in [4.78, 5) is 28.2. The highest BCUT2D eigenvalue weighted by molar-refractivity contribution is 5.80. The Hall–Kier alpha value is -2.76. The molecule has 0 aliphatic carbocycles. The summed E-state index contributed by atoms with van der Waals surface area (Å²) in [7, 11) is 2.99. The summed E-state index contributed by atoms with van der Waals surface area (Å²) < 4.78 is 15.3. The second-order valence-corrected chi connectivity index (χ2v) is 4.81. The zero-order chi connectivity index (χ0) is 15.1. The average Bonchev–Trinajstić information content (AvgIpc) is 2.51. The molecule has 106 valence electrons. The molecule has 2 aromatic heterocycles. The lowest BCUT2D eigenvalue weighted by molar-refractivity contribution is 0.628. The number of hydrogen-bond acceptors (Lipinski definition) is 3. The van der Waals surface area contributed by atoms with Crippen molar-refractivity contribution >= 4 is 11.0 Å². The lowest BCUT2D eigenvalue weighted by Crippen LogP contribution is -2.37. The Morgan fingerprint density at radius 2 is 1.67 bits per heavy atom. The van der Waals surface area contributed by atoms with Gasteiger partial charge in [-0.05, 0) is 23.8 Å². The molecule has 0 fully saturated rings. The lowest BCUT2D eigenvalue weighted by atomic mass is 10.1. The van der Waals surface area contributed by atoms with Crippen molar-refractivity contribution in [2.75, 3.05) is 0 Å². The quantitative estimate of drug-likeness (QED) is 0.680. The third kappa shape index (κ3) is 2.05. The molecule has 2 heterocycles. The fourth-order valence-electron chi connectivity index (χ4n) is 2.27. The number of nitrogens with zero attached hydrogens (tertiary/aromatic N) is 3. The highest BCUT2D eigenvalue weighted by Gasteiger charge is 2.10. The van der Waals surface area contributed by atoms with Crippen molar-refractivity contribution in [3.05, 3.63) is 63.2 Å². The van der Waals surface area contributed by atoms with Crippen LogP contribution in [-0.2, 0) is 14.1 Å². The molecule has 0 aliphatic rings. The minimum absolute atomic E-state index is 0.328. The second kappa shape index (κ2) is 4.66. The predicted octanol–water partition coefficient (Wildman–Crippen LogP) is 1.44. The molecule has 21 heavy (non-hydrogen) atoms. The van der Waals surface area contributed by atoms with Gasteiger partial charge in [-0.25, -0.2) is 14.2 Å². The molecular weight excluding hydrogens is 273 g/mol. The molecule has 0 spiro atoms. The van der Waals surface area contributed by atoms with Crippen molar-refractivity contribution in [3.8, 4) is 11.1 Å². The topological polar surface area (TPSA) is 56.9 Å². The number of pyridine rings is 1. The van der Waals surface area contributed by atoms with Gasteiger partial charge >= 0.3 is 5.69 Å². The van der Waals surface area contributed by atoms with Crippen molar-refractivity contribution < 1.29 is 4.39 Å². The summed E-state index contributed by atoms with van der Waals surface area (Å²) in [6.07, 6.45) is 1.56. The normalized spacial score (nSPS) is 11.0. The van der Waals surface area contributed by atoms with Gasteiger partial charge in [-0.15, -0.1) is 0 Å². The number of hydrogen-bond donors (Lipinski definition) is 0. The van der Waals surface area contributed by atoms with Gasteiger partial charge in [0.2, 0.25) is 0 Å². The van der Waals surface area contributed by atoms with Gasteiger partial charge in [0, 0.05) is 25.9 Å². The maximum absolute atomic E-state index is 13.0. The van der Waals surface area contributed by atoms with Crippen LogP contribution in [0.5, 0.6) is 0 Å². The van der Waals surface area contributed by atoms with E-state index in [9.17, 15) is 14.0 Å². The molecule has 0 radical (unpaired) electrons. The standard InChI is InChI=1S/C15H12FN3O2/c1-18-13-12(14(20)19(2)15(18)21)7-10(8-17-13)9-3-5-11(16)6-4-9/h3-8H,1-2H3. The Bertz CT molecular complexity index is 956. The SMILES string of the molecule is Cn1c(=O)c2cc(-c3ccc(F)cc3)cnc2n(C)c1=O. The zero-order valence-corrected chi connectivity index (χ0v) is 11.5. The van der Waals surface area contributed by atoms with Gasteiger partial charge in [-0.2, -0.15) is 0 Å². The van der Waals surface area contributed by atoms with E-state index in [4.69, 9.17) is 0 Å². The Morgan fingerprint density at radius 3 is 2.33 bits per heavy atom. The van der Waals surface area contributed by atoms with Crippen molar-refractivity contribution in [1.29, 1.82) is 0 Å². The molecule has 6 heteroatoms. The fraction of sp³-hybridized carbons (Fsp3) is 0.133. The molecule has 0 aliphatic heterocycles. The monoisotopic (exact) mass is 285 g/mol. The number of benzene rings is 1. The minimum Gasteiger partial charge on any atom is -0.280 e. The Kier molecular flexibility index (Phi) is 2.94. The van der Waals surface area contributed by atoms with Gasteiger partial charge in [0.25, 0.3) is 5.56 Å². The van der Waals surface area contributed by atoms with E-state index in [-0.39, 0.29) is 5.82 Å². The molecule has 3 rings (SSSR count). The van der Waals surface area contributed by atoms with E-state index in [0.717, 1.165) is 10.1 Å². The molecule has 1 aromatic carbocycles. The first kappa shape index (κ1) is 13.2. The molecule has 0 amide bonds. The minimum atomic E-state index is -0.422. The maximum Gasteiger partial charge on any atom is 0.332 e. The van der Waals surface area contributed by atoms with E-state index >= 15 is 0 Å². The largest absolute Gasteiger partial charge is 0.332 e. The molecule has 0 saturated carbocycles. The number of aromatic nitrogens is 3. The van der Waals surface area contributed by atoms with Crippen molar-refractivity contribution in [2.24, 2.45) is 14.1 Å². The fourth-order valence-corrected chi connectivity index (χ4v) is 2.27. The molecule has 5 nitrogen and oxygen atoms in total. The van der Waals surface area contributed by atoms with E-state index < -0.39 is 11.2 Å². The first-order valence-corrected chi connectivity index (χ1v) is 6.31. The first-order chi connectivity index (χ1) is 9.99. The van der Waals surface area contributed by atoms with Gasteiger partial charge in [0.1, 0.15) is 11.5 Å².